The molecule has 3 aliphatic heterocycles. The van der Waals surface area contributed by atoms with E-state index in [0.29, 0.717) is 11.3 Å². The molecule has 6 nitrogen and oxygen atoms in total. The summed E-state index contributed by atoms with van der Waals surface area (Å²) in [5.74, 6) is -0.642. The van der Waals surface area contributed by atoms with Gasteiger partial charge in [-0.15, -0.1) is 0 Å². The molecule has 0 spiro atoms. The molecule has 3 saturated heterocycles. The smallest absolute Gasteiger partial charge is 0.254 e. The Morgan fingerprint density at radius 1 is 1.00 bits per heavy atom. The molecule has 2 atom stereocenters. The van der Waals surface area contributed by atoms with Crippen LogP contribution in [0.1, 0.15) is 68.6 Å². The standard InChI is InChI=1S/C24H33N3O3/c1-18-15-22(28)27(23(18)29)20-11-8-9-19(16-20)24(30)26-14-7-4-10-21(26)17-25-12-5-2-3-6-13-25/h8-9,11,16,18,21H,2-7,10,12-15,17H2,1H3/t18-,21-/m1/s1. The molecule has 0 saturated carbocycles. The zero-order chi connectivity index (χ0) is 21.1. The van der Waals surface area contributed by atoms with Gasteiger partial charge in [0.05, 0.1) is 5.69 Å². The van der Waals surface area contributed by atoms with Gasteiger partial charge in [0.25, 0.3) is 5.91 Å². The van der Waals surface area contributed by atoms with Crippen LogP contribution in [0.25, 0.3) is 0 Å². The fourth-order valence-corrected chi connectivity index (χ4v) is 5.07. The van der Waals surface area contributed by atoms with E-state index in [-0.39, 0.29) is 36.1 Å². The zero-order valence-electron chi connectivity index (χ0n) is 18.0. The van der Waals surface area contributed by atoms with Gasteiger partial charge in [-0.25, -0.2) is 0 Å². The molecule has 3 heterocycles. The number of nitrogens with zero attached hydrogens (tertiary/aromatic N) is 3. The predicted molar refractivity (Wildman–Crippen MR) is 116 cm³/mol. The van der Waals surface area contributed by atoms with Crippen molar-refractivity contribution in [3.8, 4) is 0 Å². The van der Waals surface area contributed by atoms with Gasteiger partial charge < -0.3 is 9.80 Å². The van der Waals surface area contributed by atoms with Gasteiger partial charge in [-0.05, 0) is 63.4 Å². The number of likely N-dealkylation sites (tertiary alicyclic amines) is 2. The molecule has 3 fully saturated rings. The molecule has 6 heteroatoms. The SMILES string of the molecule is C[C@@H]1CC(=O)N(c2cccc(C(=O)N3CCCC[C@@H]3CN3CCCCCC3)c2)C1=O. The minimum absolute atomic E-state index is 0.0171. The number of amides is 3. The van der Waals surface area contributed by atoms with E-state index < -0.39 is 0 Å². The van der Waals surface area contributed by atoms with E-state index in [4.69, 9.17) is 0 Å². The fourth-order valence-electron chi connectivity index (χ4n) is 5.07. The molecule has 3 amide bonds. The van der Waals surface area contributed by atoms with Gasteiger partial charge in [0, 0.05) is 37.0 Å². The third kappa shape index (κ3) is 4.43. The second-order valence-corrected chi connectivity index (χ2v) is 9.09. The molecular formula is C24H33N3O3. The Bertz CT molecular complexity index is 801. The number of carbonyl (C=O) groups is 3. The molecule has 3 aliphatic rings. The number of benzene rings is 1. The number of rotatable bonds is 4. The Morgan fingerprint density at radius 2 is 1.73 bits per heavy atom. The molecule has 4 rings (SSSR count). The highest BCUT2D eigenvalue weighted by atomic mass is 16.2. The van der Waals surface area contributed by atoms with E-state index in [1.807, 2.05) is 4.90 Å². The fraction of sp³-hybridized carbons (Fsp3) is 0.625. The van der Waals surface area contributed by atoms with Crippen molar-refractivity contribution >= 4 is 23.4 Å². The average Bonchev–Trinajstić information content (AvgIpc) is 2.92. The Morgan fingerprint density at radius 3 is 2.43 bits per heavy atom. The van der Waals surface area contributed by atoms with Crippen molar-refractivity contribution in [2.24, 2.45) is 5.92 Å². The quantitative estimate of drug-likeness (QED) is 0.712. The predicted octanol–water partition coefficient (Wildman–Crippen LogP) is 3.46. The van der Waals surface area contributed by atoms with Gasteiger partial charge in [0.1, 0.15) is 0 Å². The van der Waals surface area contributed by atoms with Gasteiger partial charge in [-0.3, -0.25) is 19.3 Å². The monoisotopic (exact) mass is 411 g/mol. The molecule has 0 unspecified atom stereocenters. The summed E-state index contributed by atoms with van der Waals surface area (Å²) in [7, 11) is 0. The normalized spacial score (nSPS) is 26.2. The molecule has 1 aromatic rings. The van der Waals surface area contributed by atoms with Crippen molar-refractivity contribution in [2.75, 3.05) is 31.1 Å². The van der Waals surface area contributed by atoms with Crippen molar-refractivity contribution in [2.45, 2.75) is 64.3 Å². The first-order valence-corrected chi connectivity index (χ1v) is 11.5. The molecule has 0 radical (unpaired) electrons. The lowest BCUT2D eigenvalue weighted by Gasteiger charge is -2.38. The maximum Gasteiger partial charge on any atom is 0.254 e. The maximum atomic E-state index is 13.4. The second kappa shape index (κ2) is 9.29. The van der Waals surface area contributed by atoms with Crippen LogP contribution in [-0.4, -0.2) is 59.7 Å². The van der Waals surface area contributed by atoms with E-state index in [1.165, 1.54) is 30.6 Å². The van der Waals surface area contributed by atoms with Crippen molar-refractivity contribution in [3.63, 3.8) is 0 Å². The average molecular weight is 412 g/mol. The van der Waals surface area contributed by atoms with E-state index in [9.17, 15) is 14.4 Å². The Labute approximate surface area is 179 Å². The van der Waals surface area contributed by atoms with E-state index in [0.717, 1.165) is 45.4 Å². The van der Waals surface area contributed by atoms with Crippen molar-refractivity contribution in [1.82, 2.24) is 9.80 Å². The van der Waals surface area contributed by atoms with Crippen LogP contribution in [0, 0.1) is 5.92 Å². The first-order valence-electron chi connectivity index (χ1n) is 11.5. The minimum Gasteiger partial charge on any atom is -0.334 e. The summed E-state index contributed by atoms with van der Waals surface area (Å²) >= 11 is 0. The summed E-state index contributed by atoms with van der Waals surface area (Å²) in [6.07, 6.45) is 8.59. The Balaban J connectivity index is 1.51. The van der Waals surface area contributed by atoms with Gasteiger partial charge in [0.15, 0.2) is 0 Å². The first kappa shape index (κ1) is 21.0. The van der Waals surface area contributed by atoms with E-state index in [1.54, 1.807) is 31.2 Å². The van der Waals surface area contributed by atoms with Crippen molar-refractivity contribution in [1.29, 1.82) is 0 Å². The minimum atomic E-state index is -0.294. The van der Waals surface area contributed by atoms with Crippen LogP contribution in [-0.2, 0) is 9.59 Å². The summed E-state index contributed by atoms with van der Waals surface area (Å²) in [6, 6.07) is 7.28. The number of anilines is 1. The van der Waals surface area contributed by atoms with Crippen LogP contribution in [0.2, 0.25) is 0 Å². The third-order valence-corrected chi connectivity index (χ3v) is 6.78. The number of carbonyl (C=O) groups excluding carboxylic acids is 3. The largest absolute Gasteiger partial charge is 0.334 e. The van der Waals surface area contributed by atoms with Gasteiger partial charge >= 0.3 is 0 Å². The molecule has 30 heavy (non-hydrogen) atoms. The lowest BCUT2D eigenvalue weighted by atomic mass is 9.99. The van der Waals surface area contributed by atoms with E-state index in [2.05, 4.69) is 4.90 Å². The molecule has 1 aromatic carbocycles. The number of hydrogen-bond donors (Lipinski definition) is 0. The van der Waals surface area contributed by atoms with Crippen LogP contribution in [0.3, 0.4) is 0 Å². The van der Waals surface area contributed by atoms with E-state index >= 15 is 0 Å². The number of hydrogen-bond acceptors (Lipinski definition) is 4. The summed E-state index contributed by atoms with van der Waals surface area (Å²) in [4.78, 5) is 43.9. The highest BCUT2D eigenvalue weighted by Gasteiger charge is 2.37. The maximum absolute atomic E-state index is 13.4. The molecule has 0 N–H and O–H groups in total. The summed E-state index contributed by atoms with van der Waals surface area (Å²) < 4.78 is 0. The molecule has 162 valence electrons. The van der Waals surface area contributed by atoms with Gasteiger partial charge in [-0.1, -0.05) is 25.8 Å². The summed E-state index contributed by atoms with van der Waals surface area (Å²) in [5, 5.41) is 0. The first-order chi connectivity index (χ1) is 14.5. The number of imide groups is 1. The molecule has 0 aromatic heterocycles. The van der Waals surface area contributed by atoms with Crippen LogP contribution in [0.5, 0.6) is 0 Å². The molecule has 0 bridgehead atoms. The van der Waals surface area contributed by atoms with Crippen LogP contribution in [0.15, 0.2) is 24.3 Å². The Kier molecular flexibility index (Phi) is 6.52. The zero-order valence-corrected chi connectivity index (χ0v) is 18.0. The molecule has 0 aliphatic carbocycles. The van der Waals surface area contributed by atoms with Gasteiger partial charge in [0.2, 0.25) is 11.8 Å². The number of piperidine rings is 1. The second-order valence-electron chi connectivity index (χ2n) is 9.09. The summed E-state index contributed by atoms with van der Waals surface area (Å²) in [5.41, 5.74) is 1.08. The third-order valence-electron chi connectivity index (χ3n) is 6.78. The highest BCUT2D eigenvalue weighted by molar-refractivity contribution is 6.21. The van der Waals surface area contributed by atoms with Crippen molar-refractivity contribution < 1.29 is 14.4 Å². The van der Waals surface area contributed by atoms with Crippen LogP contribution >= 0.6 is 0 Å². The highest BCUT2D eigenvalue weighted by Crippen LogP contribution is 2.28. The van der Waals surface area contributed by atoms with Crippen LogP contribution < -0.4 is 4.90 Å². The lowest BCUT2D eigenvalue weighted by molar-refractivity contribution is -0.122. The van der Waals surface area contributed by atoms with Crippen molar-refractivity contribution in [3.05, 3.63) is 29.8 Å². The summed E-state index contributed by atoms with van der Waals surface area (Å²) in [6.45, 7) is 5.76. The topological polar surface area (TPSA) is 60.9 Å². The lowest BCUT2D eigenvalue weighted by Crippen LogP contribution is -2.49. The van der Waals surface area contributed by atoms with Gasteiger partial charge in [-0.2, -0.15) is 0 Å². The Hall–Kier alpha value is -2.21. The van der Waals surface area contributed by atoms with Crippen LogP contribution in [0.4, 0.5) is 5.69 Å². The molecular weight excluding hydrogens is 378 g/mol.